The minimum Gasteiger partial charge on any atom is -0.480 e. The molecule has 22 heavy (non-hydrogen) atoms. The third-order valence-corrected chi connectivity index (χ3v) is 3.15. The molecule has 7 nitrogen and oxygen atoms in total. The molecular formula is C14H19NO6S. The van der Waals surface area contributed by atoms with Crippen molar-refractivity contribution in [3.8, 4) is 0 Å². The van der Waals surface area contributed by atoms with Gasteiger partial charge in [-0.3, -0.25) is 14.2 Å². The number of carboxylic acids is 1. The molecular weight excluding hydrogens is 310 g/mol. The Hall–Kier alpha value is -1.93. The molecule has 1 atom stereocenters. The van der Waals surface area contributed by atoms with E-state index in [9.17, 15) is 23.1 Å². The zero-order valence-corrected chi connectivity index (χ0v) is 12.0. The summed E-state index contributed by atoms with van der Waals surface area (Å²) in [6.45, 7) is -6.39. The molecule has 1 aromatic carbocycles. The van der Waals surface area contributed by atoms with Crippen molar-refractivity contribution in [3.63, 3.8) is 0 Å². The Balaban J connectivity index is 4.44. The van der Waals surface area contributed by atoms with Crippen LogP contribution in [0.4, 0.5) is 5.69 Å². The molecule has 0 bridgehead atoms. The van der Waals surface area contributed by atoms with E-state index in [4.69, 9.17) is 19.6 Å². The van der Waals surface area contributed by atoms with Gasteiger partial charge in [0.1, 0.15) is 6.04 Å². The van der Waals surface area contributed by atoms with E-state index in [2.05, 4.69) is 0 Å². The van der Waals surface area contributed by atoms with Gasteiger partial charge in [0, 0.05) is 11.0 Å². The quantitative estimate of drug-likeness (QED) is 0.754. The maximum absolute atomic E-state index is 12.7. The SMILES string of the molecule is [2H]c1c([2H])c(C([2H])([2H])[2H])c(N(C(=O)CS(=O)(=O)O)[C@@H](C)C(=O)O)c(C([2H])([2H])C([2H])([2H])[2H])c1[2H]. The second-order valence-electron chi connectivity index (χ2n) is 4.10. The maximum Gasteiger partial charge on any atom is 0.326 e. The van der Waals surface area contributed by atoms with Crippen molar-refractivity contribution in [2.75, 3.05) is 10.7 Å². The van der Waals surface area contributed by atoms with Crippen LogP contribution in [0.25, 0.3) is 0 Å². The lowest BCUT2D eigenvalue weighted by molar-refractivity contribution is -0.139. The van der Waals surface area contributed by atoms with Crippen LogP contribution in [-0.4, -0.2) is 41.7 Å². The third kappa shape index (κ3) is 4.28. The van der Waals surface area contributed by atoms with E-state index in [0.717, 1.165) is 6.92 Å². The first-order chi connectivity index (χ1) is 14.5. The highest BCUT2D eigenvalue weighted by atomic mass is 32.2. The fourth-order valence-corrected chi connectivity index (χ4v) is 2.05. The molecule has 0 aromatic heterocycles. The van der Waals surface area contributed by atoms with Crippen LogP contribution in [0, 0.1) is 6.85 Å². The number of benzene rings is 1. The molecule has 0 saturated heterocycles. The summed E-state index contributed by atoms with van der Waals surface area (Å²) in [5.74, 6) is -5.51. The predicted molar refractivity (Wildman–Crippen MR) is 81.6 cm³/mol. The first-order valence-corrected chi connectivity index (χ1v) is 7.22. The predicted octanol–water partition coefficient (Wildman–Crippen LogP) is 1.25. The number of carbonyl (C=O) groups is 2. The van der Waals surface area contributed by atoms with Gasteiger partial charge >= 0.3 is 5.97 Å². The van der Waals surface area contributed by atoms with Crippen molar-refractivity contribution in [1.82, 2.24) is 0 Å². The summed E-state index contributed by atoms with van der Waals surface area (Å²) >= 11 is 0. The molecule has 2 N–H and O–H groups in total. The first kappa shape index (κ1) is 7.56. The highest BCUT2D eigenvalue weighted by Crippen LogP contribution is 2.28. The number of carboxylic acid groups (broad SMARTS) is 1. The number of aliphatic carboxylic acids is 1. The van der Waals surface area contributed by atoms with E-state index >= 15 is 0 Å². The normalized spacial score (nSPS) is 21.8. The lowest BCUT2D eigenvalue weighted by Crippen LogP contribution is -2.46. The van der Waals surface area contributed by atoms with Crippen LogP contribution in [0.1, 0.15) is 40.0 Å². The Morgan fingerprint density at radius 1 is 1.50 bits per heavy atom. The van der Waals surface area contributed by atoms with Crippen molar-refractivity contribution in [3.05, 3.63) is 29.3 Å². The lowest BCUT2D eigenvalue weighted by Gasteiger charge is -2.29. The maximum atomic E-state index is 12.7. The molecule has 0 fully saturated rings. The number of hydrogen-bond acceptors (Lipinski definition) is 4. The number of nitrogens with zero attached hydrogens (tertiary/aromatic N) is 1. The Labute approximate surface area is 144 Å². The molecule has 8 heteroatoms. The van der Waals surface area contributed by atoms with E-state index in [0.29, 0.717) is 0 Å². The zero-order chi connectivity index (χ0) is 26.5. The van der Waals surface area contributed by atoms with Gasteiger partial charge in [-0.15, -0.1) is 0 Å². The molecule has 0 unspecified atom stereocenters. The van der Waals surface area contributed by atoms with E-state index in [1.165, 1.54) is 0 Å². The van der Waals surface area contributed by atoms with Crippen LogP contribution in [0.15, 0.2) is 18.1 Å². The minimum atomic E-state index is -5.15. The van der Waals surface area contributed by atoms with Crippen LogP contribution in [0.3, 0.4) is 0 Å². The molecule has 1 amide bonds. The van der Waals surface area contributed by atoms with Crippen molar-refractivity contribution in [1.29, 1.82) is 0 Å². The molecule has 0 saturated carbocycles. The van der Waals surface area contributed by atoms with Crippen LogP contribution < -0.4 is 4.90 Å². The largest absolute Gasteiger partial charge is 0.480 e. The summed E-state index contributed by atoms with van der Waals surface area (Å²) in [7, 11) is -5.15. The molecule has 122 valence electrons. The summed E-state index contributed by atoms with van der Waals surface area (Å²) in [4.78, 5) is 24.3. The first-order valence-electron chi connectivity index (χ1n) is 11.1. The Morgan fingerprint density at radius 3 is 2.68 bits per heavy atom. The Kier molecular flexibility index (Phi) is 2.37. The second-order valence-corrected chi connectivity index (χ2v) is 5.56. The van der Waals surface area contributed by atoms with Crippen LogP contribution in [-0.2, 0) is 26.1 Å². The molecule has 1 rings (SSSR count). The molecule has 0 spiro atoms. The molecule has 1 aromatic rings. The summed E-state index contributed by atoms with van der Waals surface area (Å²) in [5, 5.41) is 9.42. The van der Waals surface area contributed by atoms with Crippen molar-refractivity contribution >= 4 is 27.7 Å². The zero-order valence-electron chi connectivity index (χ0n) is 22.2. The molecule has 0 aliphatic carbocycles. The van der Waals surface area contributed by atoms with E-state index < -0.39 is 88.8 Å². The van der Waals surface area contributed by atoms with Gasteiger partial charge in [-0.2, -0.15) is 8.42 Å². The monoisotopic (exact) mass is 340 g/mol. The minimum absolute atomic E-state index is 0.105. The summed E-state index contributed by atoms with van der Waals surface area (Å²) in [6, 6.07) is -5.99. The number of hydrogen-bond donors (Lipinski definition) is 2. The highest BCUT2D eigenvalue weighted by molar-refractivity contribution is 7.86. The number of rotatable bonds is 6. The molecule has 0 heterocycles. The van der Waals surface area contributed by atoms with Crippen LogP contribution >= 0.6 is 0 Å². The van der Waals surface area contributed by atoms with E-state index in [-0.39, 0.29) is 4.90 Å². The van der Waals surface area contributed by atoms with Gasteiger partial charge in [0.15, 0.2) is 5.75 Å². The summed E-state index contributed by atoms with van der Waals surface area (Å²) < 4.78 is 117. The van der Waals surface area contributed by atoms with Crippen molar-refractivity contribution in [2.45, 2.75) is 33.0 Å². The van der Waals surface area contributed by atoms with E-state index in [1.54, 1.807) is 0 Å². The Morgan fingerprint density at radius 2 is 2.18 bits per heavy atom. The summed E-state index contributed by atoms with van der Waals surface area (Å²) in [6.07, 6.45) is -3.67. The van der Waals surface area contributed by atoms with Gasteiger partial charge in [0.25, 0.3) is 10.1 Å². The van der Waals surface area contributed by atoms with Crippen molar-refractivity contribution in [2.24, 2.45) is 0 Å². The van der Waals surface area contributed by atoms with Gasteiger partial charge in [0.2, 0.25) is 5.91 Å². The molecule has 0 aliphatic heterocycles. The summed E-state index contributed by atoms with van der Waals surface area (Å²) in [5.41, 5.74) is -4.14. The molecule has 0 aliphatic rings. The fraction of sp³-hybridized carbons (Fsp3) is 0.429. The van der Waals surface area contributed by atoms with Gasteiger partial charge in [0.05, 0.1) is 9.80 Å². The smallest absolute Gasteiger partial charge is 0.326 e. The van der Waals surface area contributed by atoms with Gasteiger partial charge in [-0.1, -0.05) is 25.0 Å². The van der Waals surface area contributed by atoms with Gasteiger partial charge < -0.3 is 5.11 Å². The third-order valence-electron chi connectivity index (χ3n) is 2.53. The number of para-hydroxylation sites is 1. The fourth-order valence-electron chi connectivity index (χ4n) is 1.60. The number of anilines is 1. The lowest BCUT2D eigenvalue weighted by atomic mass is 10.0. The average molecular weight is 340 g/mol. The second kappa shape index (κ2) is 6.89. The number of amides is 1. The van der Waals surface area contributed by atoms with Crippen LogP contribution in [0.5, 0.6) is 0 Å². The van der Waals surface area contributed by atoms with Crippen molar-refractivity contribution < 1.29 is 42.7 Å². The molecule has 0 radical (unpaired) electrons. The van der Waals surface area contributed by atoms with E-state index in [1.807, 2.05) is 0 Å². The van der Waals surface area contributed by atoms with Gasteiger partial charge in [-0.05, 0) is 31.3 Å². The highest BCUT2D eigenvalue weighted by Gasteiger charge is 2.31. The van der Waals surface area contributed by atoms with Crippen LogP contribution in [0.2, 0.25) is 0 Å². The average Bonchev–Trinajstić information content (AvgIpc) is 2.55. The number of carbonyl (C=O) groups excluding carboxylic acids is 1. The standard InChI is InChI=1S/C14H19NO6S/c1-4-11-7-5-6-9(2)13(11)15(10(3)14(17)18)12(16)8-22(19,20)21/h5-7,10H,4,8H2,1-3H3,(H,17,18)(H,19,20,21)/t10-/m0/s1/i1D3,2D3,4D2,5D,6D,7D. The van der Waals surface area contributed by atoms with Gasteiger partial charge in [-0.25, -0.2) is 4.79 Å². The topological polar surface area (TPSA) is 112 Å². The Bertz CT molecular complexity index is 1080.